The topological polar surface area (TPSA) is 54.3 Å². The molecule has 7 heteroatoms. The molecule has 0 spiro atoms. The van der Waals surface area contributed by atoms with Crippen LogP contribution in [0.5, 0.6) is 0 Å². The Kier molecular flexibility index (Phi) is 3.55. The van der Waals surface area contributed by atoms with Crippen LogP contribution in [-0.4, -0.2) is 52.0 Å². The van der Waals surface area contributed by atoms with Crippen LogP contribution in [0.3, 0.4) is 0 Å². The highest BCUT2D eigenvalue weighted by Gasteiger charge is 2.24. The molecule has 110 valence electrons. The smallest absolute Gasteiger partial charge is 0.276 e. The highest BCUT2D eigenvalue weighted by atomic mass is 19.1. The summed E-state index contributed by atoms with van der Waals surface area (Å²) >= 11 is 0. The molecule has 21 heavy (non-hydrogen) atoms. The zero-order chi connectivity index (χ0) is 14.8. The fourth-order valence-electron chi connectivity index (χ4n) is 2.46. The lowest BCUT2D eigenvalue weighted by Crippen LogP contribution is -2.49. The van der Waals surface area contributed by atoms with Crippen molar-refractivity contribution in [3.05, 3.63) is 42.0 Å². The molecule has 1 aromatic heterocycles. The maximum atomic E-state index is 13.8. The average molecular weight is 289 g/mol. The van der Waals surface area contributed by atoms with Crippen LogP contribution in [0.25, 0.3) is 0 Å². The van der Waals surface area contributed by atoms with Gasteiger partial charge < -0.3 is 9.80 Å². The van der Waals surface area contributed by atoms with Gasteiger partial charge in [0, 0.05) is 33.2 Å². The number of hydrogen-bond acceptors (Lipinski definition) is 4. The van der Waals surface area contributed by atoms with Crippen molar-refractivity contribution in [3.8, 4) is 0 Å². The normalized spacial score (nSPS) is 15.3. The SMILES string of the molecule is Cn1ncc(C(=O)N2CCN(c3ccccc3F)CC2)n1. The van der Waals surface area contributed by atoms with Crippen molar-refractivity contribution in [2.24, 2.45) is 7.05 Å². The van der Waals surface area contributed by atoms with Gasteiger partial charge in [-0.05, 0) is 12.1 Å². The molecule has 0 atom stereocenters. The lowest BCUT2D eigenvalue weighted by atomic mass is 10.2. The van der Waals surface area contributed by atoms with Crippen LogP contribution in [0.4, 0.5) is 10.1 Å². The Labute approximate surface area is 121 Å². The van der Waals surface area contributed by atoms with Crippen LogP contribution in [0.1, 0.15) is 10.5 Å². The largest absolute Gasteiger partial charge is 0.366 e. The van der Waals surface area contributed by atoms with Crippen molar-refractivity contribution in [3.63, 3.8) is 0 Å². The van der Waals surface area contributed by atoms with Crippen LogP contribution in [0.15, 0.2) is 30.5 Å². The van der Waals surface area contributed by atoms with Crippen molar-refractivity contribution < 1.29 is 9.18 Å². The monoisotopic (exact) mass is 289 g/mol. The Bertz CT molecular complexity index is 648. The van der Waals surface area contributed by atoms with Crippen LogP contribution in [0.2, 0.25) is 0 Å². The molecule has 1 saturated heterocycles. The van der Waals surface area contributed by atoms with Gasteiger partial charge in [-0.15, -0.1) is 5.10 Å². The molecule has 1 fully saturated rings. The molecule has 1 aromatic carbocycles. The number of aromatic nitrogens is 3. The first-order valence-electron chi connectivity index (χ1n) is 6.80. The number of carbonyl (C=O) groups is 1. The second-order valence-corrected chi connectivity index (χ2v) is 4.95. The maximum Gasteiger partial charge on any atom is 0.276 e. The van der Waals surface area contributed by atoms with E-state index in [1.807, 2.05) is 11.0 Å². The third-order valence-electron chi connectivity index (χ3n) is 3.58. The van der Waals surface area contributed by atoms with E-state index in [0.717, 1.165) is 0 Å². The van der Waals surface area contributed by atoms with Gasteiger partial charge in [0.1, 0.15) is 5.82 Å². The van der Waals surface area contributed by atoms with Crippen molar-refractivity contribution in [1.82, 2.24) is 19.9 Å². The molecule has 3 rings (SSSR count). The van der Waals surface area contributed by atoms with Crippen LogP contribution in [0, 0.1) is 5.82 Å². The summed E-state index contributed by atoms with van der Waals surface area (Å²) in [6, 6.07) is 6.70. The molecule has 0 radical (unpaired) electrons. The van der Waals surface area contributed by atoms with Gasteiger partial charge in [-0.25, -0.2) is 4.39 Å². The number of rotatable bonds is 2. The number of anilines is 1. The van der Waals surface area contributed by atoms with E-state index >= 15 is 0 Å². The van der Waals surface area contributed by atoms with Gasteiger partial charge in [0.2, 0.25) is 0 Å². The molecule has 6 nitrogen and oxygen atoms in total. The number of para-hydroxylation sites is 1. The Morgan fingerprint density at radius 1 is 1.19 bits per heavy atom. The molecule has 0 N–H and O–H groups in total. The lowest BCUT2D eigenvalue weighted by molar-refractivity contribution is 0.0740. The fourth-order valence-corrected chi connectivity index (χ4v) is 2.46. The third-order valence-corrected chi connectivity index (χ3v) is 3.58. The summed E-state index contributed by atoms with van der Waals surface area (Å²) in [6.45, 7) is 2.30. The Hall–Kier alpha value is -2.44. The van der Waals surface area contributed by atoms with Crippen LogP contribution >= 0.6 is 0 Å². The third kappa shape index (κ3) is 2.72. The zero-order valence-corrected chi connectivity index (χ0v) is 11.7. The highest BCUT2D eigenvalue weighted by Crippen LogP contribution is 2.20. The van der Waals surface area contributed by atoms with Crippen molar-refractivity contribution >= 4 is 11.6 Å². The minimum absolute atomic E-state index is 0.128. The van der Waals surface area contributed by atoms with E-state index in [9.17, 15) is 9.18 Å². The molecule has 0 bridgehead atoms. The quantitative estimate of drug-likeness (QED) is 0.825. The van der Waals surface area contributed by atoms with E-state index < -0.39 is 0 Å². The molecule has 0 aliphatic carbocycles. The number of amides is 1. The van der Waals surface area contributed by atoms with Crippen molar-refractivity contribution in [1.29, 1.82) is 0 Å². The summed E-state index contributed by atoms with van der Waals surface area (Å²) in [5, 5.41) is 7.92. The highest BCUT2D eigenvalue weighted by molar-refractivity contribution is 5.92. The molecule has 1 amide bonds. The molecule has 0 saturated carbocycles. The predicted octanol–water partition coefficient (Wildman–Crippen LogP) is 0.917. The maximum absolute atomic E-state index is 13.8. The van der Waals surface area contributed by atoms with E-state index in [1.54, 1.807) is 24.1 Å². The van der Waals surface area contributed by atoms with Crippen molar-refractivity contribution in [2.45, 2.75) is 0 Å². The number of aryl methyl sites for hydroxylation is 1. The number of hydrogen-bond donors (Lipinski definition) is 0. The molecule has 2 heterocycles. The van der Waals surface area contributed by atoms with Crippen LogP contribution < -0.4 is 4.90 Å². The lowest BCUT2D eigenvalue weighted by Gasteiger charge is -2.35. The zero-order valence-electron chi connectivity index (χ0n) is 11.7. The van der Waals surface area contributed by atoms with Crippen LogP contribution in [-0.2, 0) is 7.05 Å². The molecule has 1 aliphatic heterocycles. The number of benzene rings is 1. The fraction of sp³-hybridized carbons (Fsp3) is 0.357. The van der Waals surface area contributed by atoms with E-state index in [4.69, 9.17) is 0 Å². The summed E-state index contributed by atoms with van der Waals surface area (Å²) < 4.78 is 13.8. The van der Waals surface area contributed by atoms with Gasteiger partial charge in [0.15, 0.2) is 5.69 Å². The Morgan fingerprint density at radius 3 is 2.52 bits per heavy atom. The molecule has 1 aliphatic rings. The summed E-state index contributed by atoms with van der Waals surface area (Å²) in [5.74, 6) is -0.359. The van der Waals surface area contributed by atoms with Gasteiger partial charge >= 0.3 is 0 Å². The van der Waals surface area contributed by atoms with Gasteiger partial charge in [-0.3, -0.25) is 4.79 Å². The number of carbonyl (C=O) groups excluding carboxylic acids is 1. The second kappa shape index (κ2) is 5.51. The first kappa shape index (κ1) is 13.5. The predicted molar refractivity (Wildman–Crippen MR) is 75.5 cm³/mol. The minimum atomic E-state index is -0.230. The van der Waals surface area contributed by atoms with E-state index in [-0.39, 0.29) is 11.7 Å². The second-order valence-electron chi connectivity index (χ2n) is 4.95. The van der Waals surface area contributed by atoms with Gasteiger partial charge in [0.05, 0.1) is 11.9 Å². The standard InChI is InChI=1S/C14H16FN5O/c1-18-16-10-12(17-18)14(21)20-8-6-19(7-9-20)13-5-3-2-4-11(13)15/h2-5,10H,6-9H2,1H3. The summed E-state index contributed by atoms with van der Waals surface area (Å²) in [7, 11) is 1.67. The minimum Gasteiger partial charge on any atom is -0.366 e. The average Bonchev–Trinajstić information content (AvgIpc) is 2.94. The van der Waals surface area contributed by atoms with E-state index in [1.165, 1.54) is 17.1 Å². The first-order chi connectivity index (χ1) is 10.1. The molecular weight excluding hydrogens is 273 g/mol. The summed E-state index contributed by atoms with van der Waals surface area (Å²) in [4.78, 5) is 17.3. The summed E-state index contributed by atoms with van der Waals surface area (Å²) in [5.41, 5.74) is 0.931. The molecule has 2 aromatic rings. The van der Waals surface area contributed by atoms with E-state index in [2.05, 4.69) is 10.2 Å². The first-order valence-corrected chi connectivity index (χ1v) is 6.80. The summed E-state index contributed by atoms with van der Waals surface area (Å²) in [6.07, 6.45) is 1.46. The van der Waals surface area contributed by atoms with Crippen molar-refractivity contribution in [2.75, 3.05) is 31.1 Å². The number of nitrogens with zero attached hydrogens (tertiary/aromatic N) is 5. The Balaban J connectivity index is 1.65. The van der Waals surface area contributed by atoms with Gasteiger partial charge in [0.25, 0.3) is 5.91 Å². The van der Waals surface area contributed by atoms with E-state index in [0.29, 0.717) is 37.6 Å². The molecular formula is C14H16FN5O. The van der Waals surface area contributed by atoms with Gasteiger partial charge in [-0.1, -0.05) is 12.1 Å². The number of piperazine rings is 1. The molecule has 0 unspecified atom stereocenters. The Morgan fingerprint density at radius 2 is 1.90 bits per heavy atom. The van der Waals surface area contributed by atoms with Gasteiger partial charge in [-0.2, -0.15) is 9.90 Å². The number of halogens is 1.